The summed E-state index contributed by atoms with van der Waals surface area (Å²) in [6.45, 7) is 4.53. The molecule has 2 rings (SSSR count). The predicted molar refractivity (Wildman–Crippen MR) is 72.4 cm³/mol. The lowest BCUT2D eigenvalue weighted by Gasteiger charge is -2.07. The van der Waals surface area contributed by atoms with E-state index < -0.39 is 0 Å². The smallest absolute Gasteiger partial charge is 0.225 e. The van der Waals surface area contributed by atoms with Gasteiger partial charge in [-0.2, -0.15) is 4.98 Å². The van der Waals surface area contributed by atoms with Gasteiger partial charge in [0.1, 0.15) is 0 Å². The minimum Gasteiger partial charge on any atom is -0.477 e. The average molecular weight is 264 g/mol. The van der Waals surface area contributed by atoms with Crippen molar-refractivity contribution in [1.82, 2.24) is 15.0 Å². The first-order valence-corrected chi connectivity index (χ1v) is 6.62. The van der Waals surface area contributed by atoms with Gasteiger partial charge < -0.3 is 10.1 Å². The summed E-state index contributed by atoms with van der Waals surface area (Å²) in [5.41, 5.74) is 3.83. The fraction of sp³-hybridized carbons (Fsp3) is 0.417. The lowest BCUT2D eigenvalue weighted by molar-refractivity contribution is 0.310. The molecule has 18 heavy (non-hydrogen) atoms. The molecule has 5 nitrogen and oxygen atoms in total. The molecule has 0 aliphatic carbocycles. The van der Waals surface area contributed by atoms with E-state index in [4.69, 9.17) is 4.74 Å². The van der Waals surface area contributed by atoms with Crippen LogP contribution in [0.2, 0.25) is 0 Å². The number of aryl methyl sites for hydroxylation is 2. The number of nitrogens with one attached hydrogen (secondary N) is 1. The van der Waals surface area contributed by atoms with Crippen LogP contribution in [0.15, 0.2) is 11.6 Å². The van der Waals surface area contributed by atoms with Gasteiger partial charge in [0, 0.05) is 30.1 Å². The van der Waals surface area contributed by atoms with Crippen LogP contribution in [0.25, 0.3) is 0 Å². The Hall–Kier alpha value is -1.69. The summed E-state index contributed by atoms with van der Waals surface area (Å²) < 4.78 is 5.65. The lowest BCUT2D eigenvalue weighted by atomic mass is 10.3. The molecule has 0 aromatic carbocycles. The molecule has 0 aliphatic rings. The third kappa shape index (κ3) is 3.16. The maximum absolute atomic E-state index is 5.65. The highest BCUT2D eigenvalue weighted by atomic mass is 32.1. The summed E-state index contributed by atoms with van der Waals surface area (Å²) in [6.07, 6.45) is 0.856. The van der Waals surface area contributed by atoms with Crippen molar-refractivity contribution in [1.29, 1.82) is 0 Å². The zero-order chi connectivity index (χ0) is 13.0. The number of hydrogen-bond donors (Lipinski definition) is 1. The first-order chi connectivity index (χ1) is 8.69. The van der Waals surface area contributed by atoms with Crippen molar-refractivity contribution in [2.24, 2.45) is 0 Å². The molecule has 0 fully saturated rings. The Morgan fingerprint density at radius 1 is 1.33 bits per heavy atom. The minimum atomic E-state index is 0.582. The Kier molecular flexibility index (Phi) is 4.09. The monoisotopic (exact) mass is 264 g/mol. The highest BCUT2D eigenvalue weighted by Gasteiger charge is 2.04. The van der Waals surface area contributed by atoms with Crippen molar-refractivity contribution in [3.05, 3.63) is 27.8 Å². The highest BCUT2D eigenvalue weighted by Crippen LogP contribution is 2.15. The van der Waals surface area contributed by atoms with E-state index >= 15 is 0 Å². The van der Waals surface area contributed by atoms with Gasteiger partial charge in [0.15, 0.2) is 0 Å². The molecule has 0 unspecified atom stereocenters. The van der Waals surface area contributed by atoms with Crippen LogP contribution >= 0.6 is 11.3 Å². The van der Waals surface area contributed by atoms with Crippen molar-refractivity contribution < 1.29 is 4.74 Å². The predicted octanol–water partition coefficient (Wildman–Crippen LogP) is 2.21. The molecule has 2 aromatic heterocycles. The van der Waals surface area contributed by atoms with Gasteiger partial charge in [-0.05, 0) is 13.8 Å². The lowest BCUT2D eigenvalue weighted by Crippen LogP contribution is -2.05. The van der Waals surface area contributed by atoms with Crippen LogP contribution < -0.4 is 10.1 Å². The van der Waals surface area contributed by atoms with Gasteiger partial charge in [0.05, 0.1) is 17.8 Å². The molecule has 96 valence electrons. The zero-order valence-electron chi connectivity index (χ0n) is 10.7. The molecule has 0 bridgehead atoms. The SMILES string of the molecule is CNc1nc(C)cc(OCCc2scnc2C)n1. The van der Waals surface area contributed by atoms with Crippen LogP contribution in [0.4, 0.5) is 5.95 Å². The first kappa shape index (κ1) is 12.8. The summed E-state index contributed by atoms with van der Waals surface area (Å²) >= 11 is 1.66. The summed E-state index contributed by atoms with van der Waals surface area (Å²) in [5, 5.41) is 2.91. The number of rotatable bonds is 5. The van der Waals surface area contributed by atoms with Crippen molar-refractivity contribution in [2.45, 2.75) is 20.3 Å². The van der Waals surface area contributed by atoms with E-state index in [1.165, 1.54) is 4.88 Å². The van der Waals surface area contributed by atoms with Crippen LogP contribution in [-0.4, -0.2) is 28.6 Å². The maximum atomic E-state index is 5.65. The Balaban J connectivity index is 1.94. The van der Waals surface area contributed by atoms with Crippen LogP contribution in [0.1, 0.15) is 16.3 Å². The number of nitrogens with zero attached hydrogens (tertiary/aromatic N) is 3. The molecule has 6 heteroatoms. The van der Waals surface area contributed by atoms with Gasteiger partial charge in [-0.3, -0.25) is 0 Å². The van der Waals surface area contributed by atoms with E-state index in [9.17, 15) is 0 Å². The van der Waals surface area contributed by atoms with E-state index in [-0.39, 0.29) is 0 Å². The van der Waals surface area contributed by atoms with Gasteiger partial charge in [-0.1, -0.05) is 0 Å². The van der Waals surface area contributed by atoms with E-state index in [0.717, 1.165) is 17.8 Å². The number of hydrogen-bond acceptors (Lipinski definition) is 6. The highest BCUT2D eigenvalue weighted by molar-refractivity contribution is 7.09. The minimum absolute atomic E-state index is 0.582. The molecule has 0 amide bonds. The Labute approximate surface area is 110 Å². The maximum Gasteiger partial charge on any atom is 0.225 e. The number of ether oxygens (including phenoxy) is 1. The fourth-order valence-electron chi connectivity index (χ4n) is 1.54. The molecule has 0 aliphatic heterocycles. The van der Waals surface area contributed by atoms with Crippen molar-refractivity contribution >= 4 is 17.3 Å². The van der Waals surface area contributed by atoms with Crippen molar-refractivity contribution in [3.63, 3.8) is 0 Å². The van der Waals surface area contributed by atoms with Gasteiger partial charge >= 0.3 is 0 Å². The van der Waals surface area contributed by atoms with E-state index in [2.05, 4.69) is 20.3 Å². The van der Waals surface area contributed by atoms with Crippen molar-refractivity contribution in [2.75, 3.05) is 19.0 Å². The third-order valence-corrected chi connectivity index (χ3v) is 3.47. The molecule has 0 saturated carbocycles. The molecule has 0 atom stereocenters. The fourth-order valence-corrected chi connectivity index (χ4v) is 2.30. The van der Waals surface area contributed by atoms with E-state index in [1.54, 1.807) is 18.4 Å². The molecule has 2 aromatic rings. The van der Waals surface area contributed by atoms with Crippen LogP contribution in [0.3, 0.4) is 0 Å². The molecule has 0 radical (unpaired) electrons. The van der Waals surface area contributed by atoms with Gasteiger partial charge in [0.2, 0.25) is 11.8 Å². The first-order valence-electron chi connectivity index (χ1n) is 5.74. The quantitative estimate of drug-likeness (QED) is 0.897. The molecule has 2 heterocycles. The molecule has 1 N–H and O–H groups in total. The number of thiazole rings is 1. The molecule has 0 spiro atoms. The number of aromatic nitrogens is 3. The normalized spacial score (nSPS) is 10.4. The molecular formula is C12H16N4OS. The van der Waals surface area contributed by atoms with Crippen LogP contribution in [0, 0.1) is 13.8 Å². The topological polar surface area (TPSA) is 59.9 Å². The standard InChI is InChI=1S/C12H16N4OS/c1-8-6-11(16-12(13-3)15-8)17-5-4-10-9(2)14-7-18-10/h6-7H,4-5H2,1-3H3,(H,13,15,16). The Morgan fingerprint density at radius 3 is 2.83 bits per heavy atom. The average Bonchev–Trinajstić information content (AvgIpc) is 2.74. The molecule has 0 saturated heterocycles. The Morgan fingerprint density at radius 2 is 2.17 bits per heavy atom. The van der Waals surface area contributed by atoms with Crippen molar-refractivity contribution in [3.8, 4) is 5.88 Å². The van der Waals surface area contributed by atoms with Gasteiger partial charge in [-0.25, -0.2) is 9.97 Å². The number of anilines is 1. The summed E-state index contributed by atoms with van der Waals surface area (Å²) in [6, 6.07) is 1.83. The largest absolute Gasteiger partial charge is 0.477 e. The summed E-state index contributed by atoms with van der Waals surface area (Å²) in [7, 11) is 1.79. The second-order valence-electron chi connectivity index (χ2n) is 3.88. The van der Waals surface area contributed by atoms with E-state index in [1.807, 2.05) is 25.4 Å². The molecular weight excluding hydrogens is 248 g/mol. The van der Waals surface area contributed by atoms with E-state index in [0.29, 0.717) is 18.4 Å². The third-order valence-electron chi connectivity index (χ3n) is 2.48. The second-order valence-corrected chi connectivity index (χ2v) is 4.82. The Bertz CT molecular complexity index is 527. The van der Waals surface area contributed by atoms with Gasteiger partial charge in [-0.15, -0.1) is 11.3 Å². The second kappa shape index (κ2) is 5.77. The summed E-state index contributed by atoms with van der Waals surface area (Å²) in [5.74, 6) is 1.19. The van der Waals surface area contributed by atoms with Crippen LogP contribution in [-0.2, 0) is 6.42 Å². The van der Waals surface area contributed by atoms with Crippen LogP contribution in [0.5, 0.6) is 5.88 Å². The summed E-state index contributed by atoms with van der Waals surface area (Å²) in [4.78, 5) is 13.9. The zero-order valence-corrected chi connectivity index (χ0v) is 11.5. The van der Waals surface area contributed by atoms with Gasteiger partial charge in [0.25, 0.3) is 0 Å².